The fraction of sp³-hybridized carbons (Fsp3) is 0.786. The molecule has 0 aliphatic carbocycles. The van der Waals surface area contributed by atoms with E-state index in [1.54, 1.807) is 11.3 Å². The van der Waals surface area contributed by atoms with Crippen molar-refractivity contribution in [2.75, 3.05) is 26.2 Å². The molecule has 0 amide bonds. The maximum absolute atomic E-state index is 4.55. The fourth-order valence-electron chi connectivity index (χ4n) is 2.47. The molecule has 2 rings (SSSR count). The largest absolute Gasteiger partial charge is 0.312 e. The highest BCUT2D eigenvalue weighted by Crippen LogP contribution is 2.12. The first-order valence-electron chi connectivity index (χ1n) is 7.02. The lowest BCUT2D eigenvalue weighted by molar-refractivity contribution is 0.248. The van der Waals surface area contributed by atoms with E-state index in [0.29, 0.717) is 12.0 Å². The highest BCUT2D eigenvalue weighted by Gasteiger charge is 2.19. The van der Waals surface area contributed by atoms with Crippen LogP contribution in [0.2, 0.25) is 0 Å². The molecule has 18 heavy (non-hydrogen) atoms. The van der Waals surface area contributed by atoms with Crippen molar-refractivity contribution < 1.29 is 0 Å². The van der Waals surface area contributed by atoms with E-state index < -0.39 is 0 Å². The fourth-order valence-corrected chi connectivity index (χ4v) is 3.12. The Hall–Kier alpha value is -0.450. The van der Waals surface area contributed by atoms with Gasteiger partial charge in [-0.25, -0.2) is 4.98 Å². The number of aromatic nitrogens is 1. The molecular weight excluding hydrogens is 242 g/mol. The molecule has 0 bridgehead atoms. The predicted octanol–water partition coefficient (Wildman–Crippen LogP) is 2.31. The number of nitrogens with one attached hydrogen (secondary N) is 1. The average molecular weight is 267 g/mol. The zero-order valence-corrected chi connectivity index (χ0v) is 12.6. The van der Waals surface area contributed by atoms with Crippen molar-refractivity contribution in [3.8, 4) is 0 Å². The van der Waals surface area contributed by atoms with Crippen molar-refractivity contribution in [2.45, 2.75) is 39.7 Å². The SMILES string of the molecule is Cc1nc(CCN2CCCNC(C(C)C)C2)cs1. The van der Waals surface area contributed by atoms with Gasteiger partial charge >= 0.3 is 0 Å². The molecule has 1 unspecified atom stereocenters. The minimum absolute atomic E-state index is 0.643. The Morgan fingerprint density at radius 3 is 3.06 bits per heavy atom. The first kappa shape index (κ1) is 14.0. The van der Waals surface area contributed by atoms with Crippen molar-refractivity contribution in [2.24, 2.45) is 5.92 Å². The van der Waals surface area contributed by atoms with E-state index in [1.165, 1.54) is 30.2 Å². The molecule has 1 fully saturated rings. The standard InChI is InChI=1S/C14H25N3S/c1-11(2)14-9-17(7-4-6-15-14)8-5-13-10-18-12(3)16-13/h10-11,14-15H,4-9H2,1-3H3. The number of aryl methyl sites for hydroxylation is 1. The van der Waals surface area contributed by atoms with Crippen molar-refractivity contribution in [1.29, 1.82) is 0 Å². The van der Waals surface area contributed by atoms with Crippen LogP contribution in [0.5, 0.6) is 0 Å². The van der Waals surface area contributed by atoms with Gasteiger partial charge in [-0.15, -0.1) is 11.3 Å². The lowest BCUT2D eigenvalue weighted by Crippen LogP contribution is -2.41. The molecule has 0 saturated carbocycles. The third-order valence-electron chi connectivity index (χ3n) is 3.67. The van der Waals surface area contributed by atoms with Crippen LogP contribution in [0.1, 0.15) is 31.0 Å². The van der Waals surface area contributed by atoms with Crippen LogP contribution in [0.25, 0.3) is 0 Å². The molecule has 1 aromatic rings. The van der Waals surface area contributed by atoms with Crippen LogP contribution in [0.3, 0.4) is 0 Å². The van der Waals surface area contributed by atoms with E-state index in [1.807, 2.05) is 0 Å². The lowest BCUT2D eigenvalue weighted by atomic mass is 10.0. The van der Waals surface area contributed by atoms with Crippen LogP contribution in [0, 0.1) is 12.8 Å². The zero-order chi connectivity index (χ0) is 13.0. The van der Waals surface area contributed by atoms with Gasteiger partial charge < -0.3 is 10.2 Å². The first-order chi connectivity index (χ1) is 8.65. The molecular formula is C14H25N3S. The number of hydrogen-bond donors (Lipinski definition) is 1. The van der Waals surface area contributed by atoms with Gasteiger partial charge in [0.15, 0.2) is 0 Å². The predicted molar refractivity (Wildman–Crippen MR) is 78.2 cm³/mol. The summed E-state index contributed by atoms with van der Waals surface area (Å²) in [7, 11) is 0. The maximum atomic E-state index is 4.55. The summed E-state index contributed by atoms with van der Waals surface area (Å²) in [6.07, 6.45) is 2.36. The van der Waals surface area contributed by atoms with E-state index in [-0.39, 0.29) is 0 Å². The summed E-state index contributed by atoms with van der Waals surface area (Å²) < 4.78 is 0. The summed E-state index contributed by atoms with van der Waals surface area (Å²) in [4.78, 5) is 7.15. The normalized spacial score (nSPS) is 22.3. The van der Waals surface area contributed by atoms with Gasteiger partial charge in [-0.05, 0) is 32.4 Å². The molecule has 1 N–H and O–H groups in total. The van der Waals surface area contributed by atoms with Crippen LogP contribution < -0.4 is 5.32 Å². The molecule has 0 spiro atoms. The summed E-state index contributed by atoms with van der Waals surface area (Å²) in [5, 5.41) is 7.04. The minimum Gasteiger partial charge on any atom is -0.312 e. The van der Waals surface area contributed by atoms with E-state index in [0.717, 1.165) is 19.5 Å². The molecule has 2 heterocycles. The number of nitrogens with zero attached hydrogens (tertiary/aromatic N) is 2. The van der Waals surface area contributed by atoms with Crippen molar-refractivity contribution in [3.05, 3.63) is 16.1 Å². The van der Waals surface area contributed by atoms with E-state index in [9.17, 15) is 0 Å². The minimum atomic E-state index is 0.643. The third-order valence-corrected chi connectivity index (χ3v) is 4.49. The van der Waals surface area contributed by atoms with Gasteiger partial charge in [-0.3, -0.25) is 0 Å². The molecule has 0 radical (unpaired) electrons. The maximum Gasteiger partial charge on any atom is 0.0897 e. The van der Waals surface area contributed by atoms with Crippen molar-refractivity contribution in [1.82, 2.24) is 15.2 Å². The van der Waals surface area contributed by atoms with E-state index >= 15 is 0 Å². The Morgan fingerprint density at radius 2 is 2.39 bits per heavy atom. The summed E-state index contributed by atoms with van der Waals surface area (Å²) in [5.41, 5.74) is 1.26. The molecule has 1 saturated heterocycles. The summed E-state index contributed by atoms with van der Waals surface area (Å²) >= 11 is 1.76. The molecule has 0 aromatic carbocycles. The highest BCUT2D eigenvalue weighted by molar-refractivity contribution is 7.09. The van der Waals surface area contributed by atoms with Gasteiger partial charge in [-0.1, -0.05) is 13.8 Å². The summed E-state index contributed by atoms with van der Waals surface area (Å²) in [6, 6.07) is 0.643. The van der Waals surface area contributed by atoms with Crippen LogP contribution >= 0.6 is 11.3 Å². The average Bonchev–Trinajstić information content (AvgIpc) is 2.62. The second-order valence-corrected chi connectivity index (χ2v) is 6.63. The van der Waals surface area contributed by atoms with Crippen molar-refractivity contribution >= 4 is 11.3 Å². The van der Waals surface area contributed by atoms with Gasteiger partial charge in [-0.2, -0.15) is 0 Å². The molecule has 102 valence electrons. The molecule has 3 nitrogen and oxygen atoms in total. The van der Waals surface area contributed by atoms with E-state index in [4.69, 9.17) is 0 Å². The quantitative estimate of drug-likeness (QED) is 0.907. The summed E-state index contributed by atoms with van der Waals surface area (Å²) in [6.45, 7) is 11.4. The molecule has 1 atom stereocenters. The highest BCUT2D eigenvalue weighted by atomic mass is 32.1. The van der Waals surface area contributed by atoms with Crippen molar-refractivity contribution in [3.63, 3.8) is 0 Å². The topological polar surface area (TPSA) is 28.2 Å². The van der Waals surface area contributed by atoms with E-state index in [2.05, 4.69) is 41.4 Å². The van der Waals surface area contributed by atoms with Crippen LogP contribution in [0.15, 0.2) is 5.38 Å². The zero-order valence-electron chi connectivity index (χ0n) is 11.8. The smallest absolute Gasteiger partial charge is 0.0897 e. The van der Waals surface area contributed by atoms with Crippen LogP contribution in [-0.2, 0) is 6.42 Å². The Kier molecular flexibility index (Phi) is 5.15. The van der Waals surface area contributed by atoms with Gasteiger partial charge in [0.05, 0.1) is 10.7 Å². The van der Waals surface area contributed by atoms with Gasteiger partial charge in [0.1, 0.15) is 0 Å². The third kappa shape index (κ3) is 4.04. The van der Waals surface area contributed by atoms with Gasteiger partial charge in [0, 0.05) is 30.9 Å². The lowest BCUT2D eigenvalue weighted by Gasteiger charge is -2.26. The Morgan fingerprint density at radius 1 is 1.56 bits per heavy atom. The van der Waals surface area contributed by atoms with Gasteiger partial charge in [0.2, 0.25) is 0 Å². The number of hydrogen-bond acceptors (Lipinski definition) is 4. The monoisotopic (exact) mass is 267 g/mol. The first-order valence-corrected chi connectivity index (χ1v) is 7.90. The molecule has 1 aromatic heterocycles. The number of rotatable bonds is 4. The second kappa shape index (κ2) is 6.64. The van der Waals surface area contributed by atoms with Crippen LogP contribution in [-0.4, -0.2) is 42.1 Å². The van der Waals surface area contributed by atoms with Crippen LogP contribution in [0.4, 0.5) is 0 Å². The Balaban J connectivity index is 1.83. The van der Waals surface area contributed by atoms with Gasteiger partial charge in [0.25, 0.3) is 0 Å². The second-order valence-electron chi connectivity index (χ2n) is 5.57. The Labute approximate surface area is 115 Å². The molecule has 1 aliphatic heterocycles. The number of thiazole rings is 1. The molecule has 1 aliphatic rings. The summed E-state index contributed by atoms with van der Waals surface area (Å²) in [5.74, 6) is 0.715. The molecule has 4 heteroatoms. The Bertz CT molecular complexity index is 362.